The number of rotatable bonds is 2. The first-order valence-electron chi connectivity index (χ1n) is 6.08. The summed E-state index contributed by atoms with van der Waals surface area (Å²) in [6, 6.07) is 4.39. The van der Waals surface area contributed by atoms with E-state index in [1.165, 1.54) is 18.2 Å². The molecule has 102 valence electrons. The highest BCUT2D eigenvalue weighted by atomic mass is 16.6. The minimum atomic E-state index is -0.585. The van der Waals surface area contributed by atoms with E-state index in [9.17, 15) is 14.9 Å². The number of piperidine rings is 1. The molecule has 1 fully saturated rings. The number of nitrogen functional groups attached to an aromatic ring is 1. The van der Waals surface area contributed by atoms with E-state index >= 15 is 0 Å². The van der Waals surface area contributed by atoms with Gasteiger partial charge in [0.05, 0.1) is 10.5 Å². The lowest BCUT2D eigenvalue weighted by molar-refractivity contribution is -0.383. The first-order chi connectivity index (χ1) is 9.00. The molecule has 1 heterocycles. The average Bonchev–Trinajstić information content (AvgIpc) is 2.38. The van der Waals surface area contributed by atoms with Crippen molar-refractivity contribution in [3.05, 3.63) is 33.9 Å². The Kier molecular flexibility index (Phi) is 3.66. The van der Waals surface area contributed by atoms with Crippen LogP contribution in [0.1, 0.15) is 23.2 Å². The summed E-state index contributed by atoms with van der Waals surface area (Å²) in [6.07, 6.45) is 1.47. The van der Waals surface area contributed by atoms with Crippen LogP contribution in [0.5, 0.6) is 0 Å². The highest BCUT2D eigenvalue weighted by molar-refractivity contribution is 6.01. The third kappa shape index (κ3) is 2.65. The molecule has 1 aromatic carbocycles. The van der Waals surface area contributed by atoms with Gasteiger partial charge in [-0.05, 0) is 18.9 Å². The molecule has 1 amide bonds. The minimum Gasteiger partial charge on any atom is -0.393 e. The molecular formula is C12H16N4O3. The Balaban J connectivity index is 2.24. The number of benzene rings is 1. The lowest BCUT2D eigenvalue weighted by Crippen LogP contribution is -2.43. The molecule has 7 nitrogen and oxygen atoms in total. The zero-order valence-corrected chi connectivity index (χ0v) is 10.4. The molecule has 0 bridgehead atoms. The summed E-state index contributed by atoms with van der Waals surface area (Å²) < 4.78 is 0. The zero-order valence-electron chi connectivity index (χ0n) is 10.4. The number of likely N-dealkylation sites (tertiary alicyclic amines) is 1. The quantitative estimate of drug-likeness (QED) is 0.464. The SMILES string of the molecule is Nc1c(C(=O)N2CCC(N)CC2)cccc1[N+](=O)[O-]. The Morgan fingerprint density at radius 1 is 1.37 bits per heavy atom. The second-order valence-corrected chi connectivity index (χ2v) is 4.63. The first kappa shape index (κ1) is 13.3. The predicted molar refractivity (Wildman–Crippen MR) is 70.6 cm³/mol. The Morgan fingerprint density at radius 2 is 2.00 bits per heavy atom. The van der Waals surface area contributed by atoms with E-state index in [1.807, 2.05) is 0 Å². The van der Waals surface area contributed by atoms with Crippen LogP contribution in [0.15, 0.2) is 18.2 Å². The number of carbonyl (C=O) groups excluding carboxylic acids is 1. The molecule has 19 heavy (non-hydrogen) atoms. The Morgan fingerprint density at radius 3 is 2.58 bits per heavy atom. The summed E-state index contributed by atoms with van der Waals surface area (Å²) in [7, 11) is 0. The van der Waals surface area contributed by atoms with Crippen molar-refractivity contribution in [1.82, 2.24) is 4.90 Å². The molecule has 0 saturated carbocycles. The number of hydrogen-bond donors (Lipinski definition) is 2. The topological polar surface area (TPSA) is 115 Å². The van der Waals surface area contributed by atoms with Crippen molar-refractivity contribution >= 4 is 17.3 Å². The third-order valence-electron chi connectivity index (χ3n) is 3.34. The monoisotopic (exact) mass is 264 g/mol. The van der Waals surface area contributed by atoms with Crippen molar-refractivity contribution in [3.8, 4) is 0 Å². The van der Waals surface area contributed by atoms with Crippen molar-refractivity contribution in [1.29, 1.82) is 0 Å². The smallest absolute Gasteiger partial charge is 0.292 e. The Bertz CT molecular complexity index is 510. The second-order valence-electron chi connectivity index (χ2n) is 4.63. The number of nitro groups is 1. The maximum Gasteiger partial charge on any atom is 0.292 e. The highest BCUT2D eigenvalue weighted by Crippen LogP contribution is 2.26. The van der Waals surface area contributed by atoms with Gasteiger partial charge in [0.25, 0.3) is 11.6 Å². The van der Waals surface area contributed by atoms with E-state index in [0.717, 1.165) is 12.8 Å². The number of nitrogens with zero attached hydrogens (tertiary/aromatic N) is 2. The van der Waals surface area contributed by atoms with Crippen LogP contribution in [0.4, 0.5) is 11.4 Å². The van der Waals surface area contributed by atoms with Gasteiger partial charge in [-0.25, -0.2) is 0 Å². The van der Waals surface area contributed by atoms with Crippen LogP contribution in [0.2, 0.25) is 0 Å². The summed E-state index contributed by atoms with van der Waals surface area (Å²) in [4.78, 5) is 24.1. The minimum absolute atomic E-state index is 0.0765. The summed E-state index contributed by atoms with van der Waals surface area (Å²) in [6.45, 7) is 1.12. The third-order valence-corrected chi connectivity index (χ3v) is 3.34. The molecule has 1 aliphatic heterocycles. The van der Waals surface area contributed by atoms with Crippen LogP contribution < -0.4 is 11.5 Å². The van der Waals surface area contributed by atoms with Gasteiger partial charge < -0.3 is 16.4 Å². The summed E-state index contributed by atoms with van der Waals surface area (Å²) in [5.74, 6) is -0.270. The molecule has 0 aliphatic carbocycles. The summed E-state index contributed by atoms with van der Waals surface area (Å²) >= 11 is 0. The van der Waals surface area contributed by atoms with Crippen LogP contribution in [-0.2, 0) is 0 Å². The van der Waals surface area contributed by atoms with Crippen molar-refractivity contribution < 1.29 is 9.72 Å². The van der Waals surface area contributed by atoms with Crippen molar-refractivity contribution in [2.45, 2.75) is 18.9 Å². The number of anilines is 1. The van der Waals surface area contributed by atoms with Crippen LogP contribution in [0.3, 0.4) is 0 Å². The molecule has 0 atom stereocenters. The standard InChI is InChI=1S/C12H16N4O3/c13-8-4-6-15(7-5-8)12(17)9-2-1-3-10(11(9)14)16(18)19/h1-3,8H,4-7,13-14H2. The molecule has 0 radical (unpaired) electrons. The lowest BCUT2D eigenvalue weighted by Gasteiger charge is -2.30. The molecule has 1 aromatic rings. The van der Waals surface area contributed by atoms with Crippen LogP contribution in [0, 0.1) is 10.1 Å². The molecule has 0 aromatic heterocycles. The second kappa shape index (κ2) is 5.23. The summed E-state index contributed by atoms with van der Waals surface area (Å²) in [5, 5.41) is 10.8. The Hall–Kier alpha value is -2.15. The molecular weight excluding hydrogens is 248 g/mol. The molecule has 1 aliphatic rings. The van der Waals surface area contributed by atoms with E-state index in [1.54, 1.807) is 4.90 Å². The van der Waals surface area contributed by atoms with Crippen molar-refractivity contribution in [2.24, 2.45) is 5.73 Å². The number of amides is 1. The number of nitrogens with two attached hydrogens (primary N) is 2. The fourth-order valence-electron chi connectivity index (χ4n) is 2.17. The van der Waals surface area contributed by atoms with Crippen molar-refractivity contribution in [2.75, 3.05) is 18.8 Å². The number of para-hydroxylation sites is 1. The van der Waals surface area contributed by atoms with Gasteiger partial charge >= 0.3 is 0 Å². The Labute approximate surface area is 110 Å². The van der Waals surface area contributed by atoms with Gasteiger partial charge in [0.2, 0.25) is 0 Å². The first-order valence-corrected chi connectivity index (χ1v) is 6.08. The summed E-state index contributed by atoms with van der Waals surface area (Å²) in [5.41, 5.74) is 11.4. The molecule has 2 rings (SSSR count). The predicted octanol–water partition coefficient (Wildman–Crippen LogP) is 0.740. The maximum atomic E-state index is 12.3. The van der Waals surface area contributed by atoms with Gasteiger partial charge in [0.15, 0.2) is 0 Å². The maximum absolute atomic E-state index is 12.3. The van der Waals surface area contributed by atoms with Gasteiger partial charge in [-0.2, -0.15) is 0 Å². The van der Waals surface area contributed by atoms with E-state index < -0.39 is 4.92 Å². The normalized spacial score (nSPS) is 16.4. The van der Waals surface area contributed by atoms with E-state index in [0.29, 0.717) is 13.1 Å². The highest BCUT2D eigenvalue weighted by Gasteiger charge is 2.25. The van der Waals surface area contributed by atoms with Gasteiger partial charge in [0.1, 0.15) is 5.69 Å². The molecule has 7 heteroatoms. The van der Waals surface area contributed by atoms with Gasteiger partial charge in [-0.15, -0.1) is 0 Å². The van der Waals surface area contributed by atoms with E-state index in [-0.39, 0.29) is 28.9 Å². The zero-order chi connectivity index (χ0) is 14.0. The largest absolute Gasteiger partial charge is 0.393 e. The average molecular weight is 264 g/mol. The number of nitro benzene ring substituents is 1. The van der Waals surface area contributed by atoms with Crippen LogP contribution in [0.25, 0.3) is 0 Å². The fourth-order valence-corrected chi connectivity index (χ4v) is 2.17. The van der Waals surface area contributed by atoms with Crippen LogP contribution >= 0.6 is 0 Å². The number of carbonyl (C=O) groups is 1. The van der Waals surface area contributed by atoms with E-state index in [2.05, 4.69) is 0 Å². The number of hydrogen-bond acceptors (Lipinski definition) is 5. The lowest BCUT2D eigenvalue weighted by atomic mass is 10.0. The van der Waals surface area contributed by atoms with E-state index in [4.69, 9.17) is 11.5 Å². The van der Waals surface area contributed by atoms with Crippen LogP contribution in [-0.4, -0.2) is 34.9 Å². The van der Waals surface area contributed by atoms with Gasteiger partial charge in [0, 0.05) is 25.2 Å². The molecule has 1 saturated heterocycles. The fraction of sp³-hybridized carbons (Fsp3) is 0.417. The molecule has 0 spiro atoms. The van der Waals surface area contributed by atoms with Crippen molar-refractivity contribution in [3.63, 3.8) is 0 Å². The molecule has 0 unspecified atom stereocenters. The molecule has 4 N–H and O–H groups in total. The van der Waals surface area contributed by atoms with Gasteiger partial charge in [-0.3, -0.25) is 14.9 Å². The van der Waals surface area contributed by atoms with Gasteiger partial charge in [-0.1, -0.05) is 6.07 Å².